The number of nitrogens with one attached hydrogen (secondary N) is 1. The maximum Gasteiger partial charge on any atom is 0.167 e. The molecule has 4 nitrogen and oxygen atoms in total. The summed E-state index contributed by atoms with van der Waals surface area (Å²) in [4.78, 5) is 6.82. The van der Waals surface area contributed by atoms with Gasteiger partial charge in [-0.05, 0) is 30.2 Å². The highest BCUT2D eigenvalue weighted by molar-refractivity contribution is 8.26. The quantitative estimate of drug-likeness (QED) is 0.634. The Labute approximate surface area is 112 Å². The number of amidine groups is 2. The van der Waals surface area contributed by atoms with E-state index in [1.165, 1.54) is 30.2 Å². The van der Waals surface area contributed by atoms with Crippen molar-refractivity contribution in [2.75, 3.05) is 13.1 Å². The molecule has 0 spiro atoms. The molecule has 1 heterocycles. The van der Waals surface area contributed by atoms with E-state index < -0.39 is 0 Å². The number of likely N-dealkylation sites (tertiary alicyclic amines) is 1. The SMILES string of the molecule is N=C(N)SC(=NCc1ccccc1)N1CCCC1. The monoisotopic (exact) mass is 262 g/mol. The van der Waals surface area contributed by atoms with Crippen molar-refractivity contribution in [1.29, 1.82) is 5.41 Å². The highest BCUT2D eigenvalue weighted by Gasteiger charge is 2.17. The van der Waals surface area contributed by atoms with Gasteiger partial charge in [0.1, 0.15) is 0 Å². The third-order valence-corrected chi connectivity index (χ3v) is 3.61. The van der Waals surface area contributed by atoms with Crippen molar-refractivity contribution in [1.82, 2.24) is 4.90 Å². The van der Waals surface area contributed by atoms with Crippen LogP contribution in [-0.2, 0) is 6.54 Å². The first-order valence-corrected chi connectivity index (χ1v) is 6.92. The van der Waals surface area contributed by atoms with E-state index in [1.807, 2.05) is 18.2 Å². The second-order valence-electron chi connectivity index (χ2n) is 4.24. The molecule has 96 valence electrons. The molecule has 1 aliphatic heterocycles. The van der Waals surface area contributed by atoms with Gasteiger partial charge in [-0.3, -0.25) is 10.4 Å². The standard InChI is InChI=1S/C13H18N4S/c14-12(15)18-13(17-8-4-5-9-17)16-10-11-6-2-1-3-7-11/h1-3,6-7H,4-5,8-10H2,(H3,14,15). The summed E-state index contributed by atoms with van der Waals surface area (Å²) in [5.74, 6) is 0. The van der Waals surface area contributed by atoms with Crippen LogP contribution < -0.4 is 5.73 Å². The number of rotatable bonds is 2. The Morgan fingerprint density at radius 2 is 1.94 bits per heavy atom. The van der Waals surface area contributed by atoms with Crippen LogP contribution in [-0.4, -0.2) is 28.3 Å². The van der Waals surface area contributed by atoms with Crippen molar-refractivity contribution in [3.63, 3.8) is 0 Å². The lowest BCUT2D eigenvalue weighted by Crippen LogP contribution is -2.27. The van der Waals surface area contributed by atoms with Crippen LogP contribution in [0.1, 0.15) is 18.4 Å². The van der Waals surface area contributed by atoms with Gasteiger partial charge < -0.3 is 10.6 Å². The largest absolute Gasteiger partial charge is 0.378 e. The summed E-state index contributed by atoms with van der Waals surface area (Å²) in [5.41, 5.74) is 6.65. The van der Waals surface area contributed by atoms with Crippen LogP contribution in [0, 0.1) is 5.41 Å². The van der Waals surface area contributed by atoms with Crippen molar-refractivity contribution >= 4 is 22.1 Å². The average molecular weight is 262 g/mol. The van der Waals surface area contributed by atoms with Crippen molar-refractivity contribution in [3.05, 3.63) is 35.9 Å². The second-order valence-corrected chi connectivity index (χ2v) is 5.25. The predicted molar refractivity (Wildman–Crippen MR) is 77.9 cm³/mol. The summed E-state index contributed by atoms with van der Waals surface area (Å²) in [5, 5.41) is 8.39. The van der Waals surface area contributed by atoms with Gasteiger partial charge in [-0.25, -0.2) is 0 Å². The van der Waals surface area contributed by atoms with Gasteiger partial charge in [0.2, 0.25) is 0 Å². The van der Waals surface area contributed by atoms with Crippen LogP contribution in [0.4, 0.5) is 0 Å². The molecule has 0 bridgehead atoms. The zero-order valence-electron chi connectivity index (χ0n) is 10.3. The van der Waals surface area contributed by atoms with Crippen LogP contribution in [0.2, 0.25) is 0 Å². The van der Waals surface area contributed by atoms with E-state index in [4.69, 9.17) is 11.1 Å². The smallest absolute Gasteiger partial charge is 0.167 e. The third-order valence-electron chi connectivity index (χ3n) is 2.82. The van der Waals surface area contributed by atoms with E-state index in [0.717, 1.165) is 18.3 Å². The molecule has 5 heteroatoms. The minimum absolute atomic E-state index is 0.105. The van der Waals surface area contributed by atoms with Crippen molar-refractivity contribution in [2.24, 2.45) is 10.7 Å². The van der Waals surface area contributed by atoms with Gasteiger partial charge in [-0.15, -0.1) is 0 Å². The fourth-order valence-electron chi connectivity index (χ4n) is 1.95. The molecule has 1 fully saturated rings. The fourth-order valence-corrected chi connectivity index (χ4v) is 2.58. The molecule has 0 unspecified atom stereocenters. The van der Waals surface area contributed by atoms with E-state index in [0.29, 0.717) is 6.54 Å². The predicted octanol–water partition coefficient (Wildman–Crippen LogP) is 2.27. The topological polar surface area (TPSA) is 65.5 Å². The van der Waals surface area contributed by atoms with Crippen LogP contribution in [0.25, 0.3) is 0 Å². The highest BCUT2D eigenvalue weighted by Crippen LogP contribution is 2.16. The van der Waals surface area contributed by atoms with Crippen LogP contribution >= 0.6 is 11.8 Å². The van der Waals surface area contributed by atoms with E-state index in [2.05, 4.69) is 22.0 Å². The number of aliphatic imine (C=N–C) groups is 1. The summed E-state index contributed by atoms with van der Waals surface area (Å²) in [6, 6.07) is 10.1. The van der Waals surface area contributed by atoms with Gasteiger partial charge in [-0.2, -0.15) is 0 Å². The van der Waals surface area contributed by atoms with Crippen molar-refractivity contribution in [3.8, 4) is 0 Å². The molecule has 1 saturated heterocycles. The van der Waals surface area contributed by atoms with E-state index in [-0.39, 0.29) is 5.17 Å². The number of benzene rings is 1. The Kier molecular flexibility index (Phi) is 4.64. The van der Waals surface area contributed by atoms with Gasteiger partial charge in [-0.1, -0.05) is 30.3 Å². The maximum absolute atomic E-state index is 7.41. The molecule has 18 heavy (non-hydrogen) atoms. The molecule has 0 aromatic heterocycles. The number of hydrogen-bond acceptors (Lipinski definition) is 3. The summed E-state index contributed by atoms with van der Waals surface area (Å²) >= 11 is 1.25. The molecule has 0 saturated carbocycles. The Hall–Kier alpha value is -1.49. The summed E-state index contributed by atoms with van der Waals surface area (Å²) < 4.78 is 0. The lowest BCUT2D eigenvalue weighted by molar-refractivity contribution is 0.528. The number of hydrogen-bond donors (Lipinski definition) is 2. The normalized spacial score (nSPS) is 16.0. The first-order valence-electron chi connectivity index (χ1n) is 6.11. The van der Waals surface area contributed by atoms with Crippen LogP contribution in [0.3, 0.4) is 0 Å². The molecule has 1 aromatic rings. The first kappa shape index (κ1) is 13.0. The molecule has 0 amide bonds. The van der Waals surface area contributed by atoms with Gasteiger partial charge in [0.25, 0.3) is 0 Å². The third kappa shape index (κ3) is 3.77. The zero-order valence-corrected chi connectivity index (χ0v) is 11.1. The molecule has 2 rings (SSSR count). The Morgan fingerprint density at radius 3 is 2.56 bits per heavy atom. The molecular weight excluding hydrogens is 244 g/mol. The number of nitrogens with two attached hydrogens (primary N) is 1. The second kappa shape index (κ2) is 6.44. The van der Waals surface area contributed by atoms with E-state index in [1.54, 1.807) is 0 Å². The Balaban J connectivity index is 2.05. The summed E-state index contributed by atoms with van der Waals surface area (Å²) in [6.45, 7) is 2.69. The number of nitrogens with zero attached hydrogens (tertiary/aromatic N) is 2. The minimum Gasteiger partial charge on any atom is -0.378 e. The fraction of sp³-hybridized carbons (Fsp3) is 0.385. The van der Waals surface area contributed by atoms with Gasteiger partial charge in [0.05, 0.1) is 6.54 Å². The Bertz CT molecular complexity index is 424. The lowest BCUT2D eigenvalue weighted by Gasteiger charge is -2.18. The molecule has 0 aliphatic carbocycles. The lowest BCUT2D eigenvalue weighted by atomic mass is 10.2. The molecule has 1 aliphatic rings. The van der Waals surface area contributed by atoms with Gasteiger partial charge in [0, 0.05) is 13.1 Å². The highest BCUT2D eigenvalue weighted by atomic mass is 32.2. The average Bonchev–Trinajstić information content (AvgIpc) is 2.89. The first-order chi connectivity index (χ1) is 8.75. The number of thioether (sulfide) groups is 1. The van der Waals surface area contributed by atoms with Gasteiger partial charge in [0.15, 0.2) is 10.3 Å². The molecule has 1 aromatic carbocycles. The Morgan fingerprint density at radius 1 is 1.28 bits per heavy atom. The molecule has 0 radical (unpaired) electrons. The zero-order chi connectivity index (χ0) is 12.8. The molecule has 0 atom stereocenters. The summed E-state index contributed by atoms with van der Waals surface area (Å²) in [6.07, 6.45) is 2.39. The maximum atomic E-state index is 7.41. The van der Waals surface area contributed by atoms with Crippen molar-refractivity contribution < 1.29 is 0 Å². The van der Waals surface area contributed by atoms with Crippen molar-refractivity contribution in [2.45, 2.75) is 19.4 Å². The molecular formula is C13H18N4S. The van der Waals surface area contributed by atoms with Crippen LogP contribution in [0.15, 0.2) is 35.3 Å². The molecule has 3 N–H and O–H groups in total. The van der Waals surface area contributed by atoms with E-state index >= 15 is 0 Å². The summed E-state index contributed by atoms with van der Waals surface area (Å²) in [7, 11) is 0. The van der Waals surface area contributed by atoms with Gasteiger partial charge >= 0.3 is 0 Å². The minimum atomic E-state index is 0.105. The van der Waals surface area contributed by atoms with Crippen LogP contribution in [0.5, 0.6) is 0 Å². The van der Waals surface area contributed by atoms with E-state index in [9.17, 15) is 0 Å².